The second kappa shape index (κ2) is 38.0. The predicted octanol–water partition coefficient (Wildman–Crippen LogP) is 5.64. The molecule has 0 unspecified atom stereocenters. The summed E-state index contributed by atoms with van der Waals surface area (Å²) in [5.41, 5.74) is 1.29. The molecule has 0 rings (SSSR count). The van der Waals surface area contributed by atoms with Crippen molar-refractivity contribution in [3.63, 3.8) is 0 Å². The van der Waals surface area contributed by atoms with E-state index in [2.05, 4.69) is 25.4 Å². The van der Waals surface area contributed by atoms with Crippen LogP contribution in [-0.4, -0.2) is 6.21 Å². The molecule has 0 aliphatic rings. The van der Waals surface area contributed by atoms with Gasteiger partial charge in [0.05, 0.1) is 0 Å². The van der Waals surface area contributed by atoms with Gasteiger partial charge in [0.1, 0.15) is 0 Å². The van der Waals surface area contributed by atoms with Crippen LogP contribution >= 0.6 is 0 Å². The molecule has 0 amide bonds. The van der Waals surface area contributed by atoms with Crippen molar-refractivity contribution in [2.45, 2.75) is 61.8 Å². The largest absolute Gasteiger partial charge is 0.265 e. The molecule has 0 aromatic rings. The molecule has 0 bridgehead atoms. The lowest BCUT2D eigenvalue weighted by molar-refractivity contribution is 1.09. The van der Waals surface area contributed by atoms with Gasteiger partial charge in [0.15, 0.2) is 0 Å². The third-order valence-corrected chi connectivity index (χ3v) is 1.04. The van der Waals surface area contributed by atoms with Crippen molar-refractivity contribution in [3.8, 4) is 0 Å². The van der Waals surface area contributed by atoms with Crippen molar-refractivity contribution in [2.24, 2.45) is 4.99 Å². The fourth-order valence-electron chi connectivity index (χ4n) is 0.322. The van der Waals surface area contributed by atoms with Crippen LogP contribution in [0.2, 0.25) is 0 Å². The molecule has 0 N–H and O–H groups in total. The van der Waals surface area contributed by atoms with E-state index >= 15 is 0 Å². The van der Waals surface area contributed by atoms with E-state index in [4.69, 9.17) is 0 Å². The van der Waals surface area contributed by atoms with Gasteiger partial charge >= 0.3 is 0 Å². The molecular weight excluding hydrogens is 182 g/mol. The van der Waals surface area contributed by atoms with E-state index in [1.807, 2.05) is 47.7 Å². The molecular formula is C14H31N. The third kappa shape index (κ3) is 43.2. The van der Waals surface area contributed by atoms with E-state index < -0.39 is 0 Å². The van der Waals surface area contributed by atoms with Gasteiger partial charge < -0.3 is 0 Å². The van der Waals surface area contributed by atoms with Gasteiger partial charge in [-0.3, -0.25) is 4.99 Å². The van der Waals surface area contributed by atoms with Crippen LogP contribution in [0.1, 0.15) is 61.8 Å². The fourth-order valence-corrected chi connectivity index (χ4v) is 0.322. The number of rotatable bonds is 3. The summed E-state index contributed by atoms with van der Waals surface area (Å²) in [6.45, 7) is 19.7. The number of hydrogen-bond donors (Lipinski definition) is 0. The average Bonchev–Trinajstić information content (AvgIpc) is 2.36. The Bertz CT molecular complexity index is 132. The smallest absolute Gasteiger partial charge is 0.0261 e. The van der Waals surface area contributed by atoms with Crippen molar-refractivity contribution < 1.29 is 0 Å². The summed E-state index contributed by atoms with van der Waals surface area (Å²) in [7, 11) is 0. The molecule has 15 heavy (non-hydrogen) atoms. The lowest BCUT2D eigenvalue weighted by atomic mass is 10.3. The molecule has 0 spiro atoms. The monoisotopic (exact) mass is 213 g/mol. The van der Waals surface area contributed by atoms with Gasteiger partial charge in [0.25, 0.3) is 0 Å². The Hall–Kier alpha value is -0.850. The van der Waals surface area contributed by atoms with Crippen LogP contribution in [0.5, 0.6) is 0 Å². The van der Waals surface area contributed by atoms with E-state index in [0.717, 1.165) is 6.42 Å². The third-order valence-electron chi connectivity index (χ3n) is 1.04. The summed E-state index contributed by atoms with van der Waals surface area (Å²) in [5.74, 6) is 0. The lowest BCUT2D eigenvalue weighted by Gasteiger charge is -1.86. The van der Waals surface area contributed by atoms with Crippen LogP contribution in [0.25, 0.3) is 0 Å². The molecule has 0 saturated heterocycles. The summed E-state index contributed by atoms with van der Waals surface area (Å²) in [5, 5.41) is 0. The van der Waals surface area contributed by atoms with Gasteiger partial charge in [-0.05, 0) is 13.3 Å². The first-order chi connectivity index (χ1) is 7.31. The van der Waals surface area contributed by atoms with Gasteiger partial charge in [-0.25, -0.2) is 0 Å². The molecule has 0 radical (unpaired) electrons. The maximum absolute atomic E-state index is 3.96. The molecule has 0 saturated carbocycles. The highest BCUT2D eigenvalue weighted by atomic mass is 14.7. The fraction of sp³-hybridized carbons (Fsp3) is 0.643. The Balaban J connectivity index is -0.0000000860. The lowest BCUT2D eigenvalue weighted by Crippen LogP contribution is -1.68. The first-order valence-electron chi connectivity index (χ1n) is 6.11. The minimum atomic E-state index is 1.06. The summed E-state index contributed by atoms with van der Waals surface area (Å²) >= 11 is 0. The highest BCUT2D eigenvalue weighted by Crippen LogP contribution is 1.96. The van der Waals surface area contributed by atoms with E-state index in [-0.39, 0.29) is 0 Å². The normalized spacial score (nSPS) is 8.67. The molecule has 0 aromatic heterocycles. The Kier molecular flexibility index (Phi) is 60.1. The topological polar surface area (TPSA) is 12.4 Å². The van der Waals surface area contributed by atoms with E-state index in [1.54, 1.807) is 12.3 Å². The van der Waals surface area contributed by atoms with Gasteiger partial charge in [-0.2, -0.15) is 0 Å². The highest BCUT2D eigenvalue weighted by Gasteiger charge is 1.76. The van der Waals surface area contributed by atoms with Crippen molar-refractivity contribution in [3.05, 3.63) is 24.4 Å². The van der Waals surface area contributed by atoms with Crippen LogP contribution in [0.15, 0.2) is 29.4 Å². The first kappa shape index (κ1) is 23.8. The number of nitrogens with zero attached hydrogens (tertiary/aromatic N) is 1. The zero-order valence-electron chi connectivity index (χ0n) is 12.1. The SMILES string of the molecule is C=CC=N/C=C(\C)CC.CC.CC.CC. The zero-order chi connectivity index (χ0) is 13.1. The van der Waals surface area contributed by atoms with Crippen molar-refractivity contribution in [2.75, 3.05) is 0 Å². The van der Waals surface area contributed by atoms with Crippen LogP contribution in [0.3, 0.4) is 0 Å². The van der Waals surface area contributed by atoms with Crippen LogP contribution in [0, 0.1) is 0 Å². The molecule has 0 aliphatic heterocycles. The van der Waals surface area contributed by atoms with Gasteiger partial charge in [-0.1, -0.05) is 66.7 Å². The van der Waals surface area contributed by atoms with Gasteiger partial charge in [-0.15, -0.1) is 0 Å². The highest BCUT2D eigenvalue weighted by molar-refractivity contribution is 5.70. The second-order valence-corrected chi connectivity index (χ2v) is 1.86. The number of aliphatic imine (C=N–C) groups is 1. The molecule has 1 nitrogen and oxygen atoms in total. The molecule has 0 atom stereocenters. The quantitative estimate of drug-likeness (QED) is 0.538. The molecule has 1 heteroatoms. The second-order valence-electron chi connectivity index (χ2n) is 1.86. The summed E-state index contributed by atoms with van der Waals surface area (Å²) < 4.78 is 0. The number of allylic oxidation sites excluding steroid dienone is 2. The van der Waals surface area contributed by atoms with Crippen LogP contribution in [0.4, 0.5) is 0 Å². The molecule has 92 valence electrons. The first-order valence-corrected chi connectivity index (χ1v) is 6.11. The summed E-state index contributed by atoms with van der Waals surface area (Å²) in [6.07, 6.45) is 6.26. The Labute approximate surface area is 98.0 Å². The van der Waals surface area contributed by atoms with Crippen molar-refractivity contribution in [1.82, 2.24) is 0 Å². The molecule has 0 aliphatic carbocycles. The molecule has 0 fully saturated rings. The zero-order valence-corrected chi connectivity index (χ0v) is 12.1. The van der Waals surface area contributed by atoms with Gasteiger partial charge in [0.2, 0.25) is 0 Å². The molecule has 0 aromatic carbocycles. The Morgan fingerprint density at radius 1 is 1.07 bits per heavy atom. The van der Waals surface area contributed by atoms with E-state index in [1.165, 1.54) is 5.57 Å². The van der Waals surface area contributed by atoms with E-state index in [0.29, 0.717) is 0 Å². The van der Waals surface area contributed by atoms with Crippen LogP contribution < -0.4 is 0 Å². The Morgan fingerprint density at radius 3 is 1.73 bits per heavy atom. The predicted molar refractivity (Wildman–Crippen MR) is 76.8 cm³/mol. The number of hydrogen-bond acceptors (Lipinski definition) is 1. The summed E-state index contributed by atoms with van der Waals surface area (Å²) in [4.78, 5) is 3.96. The van der Waals surface area contributed by atoms with Crippen molar-refractivity contribution >= 4 is 6.21 Å². The molecule has 0 heterocycles. The van der Waals surface area contributed by atoms with Gasteiger partial charge in [0, 0.05) is 12.4 Å². The minimum absolute atomic E-state index is 1.06. The maximum Gasteiger partial charge on any atom is 0.0261 e. The standard InChI is InChI=1S/C8H13N.3C2H6/c1-4-6-9-7-8(3)5-2;3*1-2/h4,6-7H,1,5H2,2-3H3;3*1-2H3/b8-7+,9-6?;;;. The van der Waals surface area contributed by atoms with Crippen LogP contribution in [-0.2, 0) is 0 Å². The minimum Gasteiger partial charge on any atom is -0.265 e. The van der Waals surface area contributed by atoms with Crippen molar-refractivity contribution in [1.29, 1.82) is 0 Å². The summed E-state index contributed by atoms with van der Waals surface area (Å²) in [6, 6.07) is 0. The average molecular weight is 213 g/mol. The Morgan fingerprint density at radius 2 is 1.47 bits per heavy atom. The maximum atomic E-state index is 3.96. The van der Waals surface area contributed by atoms with E-state index in [9.17, 15) is 0 Å².